The van der Waals surface area contributed by atoms with Crippen LogP contribution in [0, 0.1) is 13.8 Å². The standard InChI is InChI=1S/C31H40N4O4/c1-6-9-19-39-24-15-10-14-23(20-24)27-25(29(37)31(38)35(27)18-12-16-33(7-2)8-3)28(36)26-22(5)34-17-11-13-21(4)30(34)32-26/h10-11,13-15,17,20,27,36H,6-9,12,16,18-19H2,1-5H3/b28-25+. The number of hydrogen-bond donors (Lipinski definition) is 1. The summed E-state index contributed by atoms with van der Waals surface area (Å²) in [6, 6.07) is 10.6. The summed E-state index contributed by atoms with van der Waals surface area (Å²) in [7, 11) is 0. The molecule has 1 amide bonds. The van der Waals surface area contributed by atoms with Gasteiger partial charge in [0.2, 0.25) is 0 Å². The number of aliphatic hydroxyl groups excluding tert-OH is 1. The maximum Gasteiger partial charge on any atom is 0.295 e. The number of aryl methyl sites for hydroxylation is 2. The van der Waals surface area contributed by atoms with E-state index in [0.29, 0.717) is 42.4 Å². The number of imidazole rings is 1. The van der Waals surface area contributed by atoms with E-state index in [-0.39, 0.29) is 11.3 Å². The number of nitrogens with zero attached hydrogens (tertiary/aromatic N) is 4. The summed E-state index contributed by atoms with van der Waals surface area (Å²) in [5, 5.41) is 11.6. The van der Waals surface area contributed by atoms with Crippen molar-refractivity contribution in [3.05, 3.63) is 70.7 Å². The predicted molar refractivity (Wildman–Crippen MR) is 153 cm³/mol. The predicted octanol–water partition coefficient (Wildman–Crippen LogP) is 5.28. The van der Waals surface area contributed by atoms with Crippen LogP contribution in [0.15, 0.2) is 48.2 Å². The number of aromatic nitrogens is 2. The number of benzene rings is 1. The highest BCUT2D eigenvalue weighted by molar-refractivity contribution is 6.46. The van der Waals surface area contributed by atoms with Gasteiger partial charge >= 0.3 is 0 Å². The first-order chi connectivity index (χ1) is 18.8. The Labute approximate surface area is 230 Å². The summed E-state index contributed by atoms with van der Waals surface area (Å²) in [4.78, 5) is 35.5. The summed E-state index contributed by atoms with van der Waals surface area (Å²) < 4.78 is 7.83. The van der Waals surface area contributed by atoms with Crippen molar-refractivity contribution in [1.29, 1.82) is 0 Å². The van der Waals surface area contributed by atoms with Crippen LogP contribution in [-0.2, 0) is 9.59 Å². The van der Waals surface area contributed by atoms with Crippen molar-refractivity contribution in [3.8, 4) is 5.75 Å². The molecule has 1 aromatic carbocycles. The number of fused-ring (bicyclic) bond motifs is 1. The summed E-state index contributed by atoms with van der Waals surface area (Å²) in [5.74, 6) is -0.862. The van der Waals surface area contributed by atoms with Crippen LogP contribution in [0.4, 0.5) is 0 Å². The lowest BCUT2D eigenvalue weighted by Gasteiger charge is -2.27. The fourth-order valence-electron chi connectivity index (χ4n) is 5.24. The third kappa shape index (κ3) is 5.71. The van der Waals surface area contributed by atoms with Gasteiger partial charge in [-0.15, -0.1) is 0 Å². The molecule has 1 unspecified atom stereocenters. The molecule has 0 bridgehead atoms. The van der Waals surface area contributed by atoms with Crippen LogP contribution < -0.4 is 4.74 Å². The highest BCUT2D eigenvalue weighted by atomic mass is 16.5. The summed E-state index contributed by atoms with van der Waals surface area (Å²) in [6.07, 6.45) is 4.54. The van der Waals surface area contributed by atoms with E-state index in [0.717, 1.165) is 43.6 Å². The Kier molecular flexibility index (Phi) is 9.07. The highest BCUT2D eigenvalue weighted by Gasteiger charge is 2.46. The number of amides is 1. The Morgan fingerprint density at radius 2 is 1.85 bits per heavy atom. The lowest BCUT2D eigenvalue weighted by molar-refractivity contribution is -0.140. The van der Waals surface area contributed by atoms with E-state index in [1.165, 1.54) is 0 Å². The first kappa shape index (κ1) is 28.4. The molecular weight excluding hydrogens is 492 g/mol. The number of ketones is 1. The van der Waals surface area contributed by atoms with Gasteiger partial charge in [0.25, 0.3) is 11.7 Å². The lowest BCUT2D eigenvalue weighted by atomic mass is 9.96. The van der Waals surface area contributed by atoms with E-state index in [1.54, 1.807) is 4.90 Å². The van der Waals surface area contributed by atoms with E-state index in [9.17, 15) is 14.7 Å². The maximum absolute atomic E-state index is 13.5. The molecule has 0 aliphatic carbocycles. The number of aliphatic hydroxyl groups is 1. The molecule has 1 N–H and O–H groups in total. The van der Waals surface area contributed by atoms with Crippen molar-refractivity contribution in [1.82, 2.24) is 19.2 Å². The Morgan fingerprint density at radius 1 is 1.08 bits per heavy atom. The zero-order valence-corrected chi connectivity index (χ0v) is 23.7. The smallest absolute Gasteiger partial charge is 0.295 e. The normalized spacial score (nSPS) is 17.1. The van der Waals surface area contributed by atoms with Gasteiger partial charge in [0.1, 0.15) is 17.1 Å². The van der Waals surface area contributed by atoms with E-state index >= 15 is 0 Å². The molecule has 2 aromatic heterocycles. The van der Waals surface area contributed by atoms with Gasteiger partial charge in [0.05, 0.1) is 23.9 Å². The second kappa shape index (κ2) is 12.5. The number of unbranched alkanes of at least 4 members (excludes halogenated alkanes) is 1. The van der Waals surface area contributed by atoms with Gasteiger partial charge in [-0.1, -0.05) is 45.4 Å². The van der Waals surface area contributed by atoms with Crippen LogP contribution >= 0.6 is 0 Å². The fourth-order valence-corrected chi connectivity index (χ4v) is 5.24. The topological polar surface area (TPSA) is 87.4 Å². The third-order valence-corrected chi connectivity index (χ3v) is 7.56. The minimum atomic E-state index is -0.735. The maximum atomic E-state index is 13.5. The second-order valence-electron chi connectivity index (χ2n) is 10.1. The number of pyridine rings is 1. The van der Waals surface area contributed by atoms with E-state index in [1.807, 2.05) is 60.8 Å². The molecule has 4 rings (SSSR count). The third-order valence-electron chi connectivity index (χ3n) is 7.56. The molecular formula is C31H40N4O4. The molecule has 0 radical (unpaired) electrons. The summed E-state index contributed by atoms with van der Waals surface area (Å²) >= 11 is 0. The number of rotatable bonds is 12. The molecule has 3 aromatic rings. The highest BCUT2D eigenvalue weighted by Crippen LogP contribution is 2.40. The van der Waals surface area contributed by atoms with Crippen LogP contribution in [-0.4, -0.2) is 68.8 Å². The number of ether oxygens (including phenoxy) is 1. The minimum Gasteiger partial charge on any atom is -0.505 e. The Bertz CT molecular complexity index is 1370. The van der Waals surface area contributed by atoms with Crippen LogP contribution in [0.3, 0.4) is 0 Å². The summed E-state index contributed by atoms with van der Waals surface area (Å²) in [5.41, 5.74) is 3.46. The minimum absolute atomic E-state index is 0.0673. The first-order valence-corrected chi connectivity index (χ1v) is 14.0. The van der Waals surface area contributed by atoms with Crippen molar-refractivity contribution in [2.45, 2.75) is 59.9 Å². The molecule has 0 spiro atoms. The van der Waals surface area contributed by atoms with E-state index in [4.69, 9.17) is 4.74 Å². The Hall–Kier alpha value is -3.65. The van der Waals surface area contributed by atoms with Crippen LogP contribution in [0.1, 0.15) is 68.6 Å². The number of likely N-dealkylation sites (tertiary alicyclic amines) is 1. The number of carbonyl (C=O) groups is 2. The molecule has 1 fully saturated rings. The molecule has 0 saturated carbocycles. The first-order valence-electron chi connectivity index (χ1n) is 14.0. The molecule has 1 saturated heterocycles. The molecule has 3 heterocycles. The summed E-state index contributed by atoms with van der Waals surface area (Å²) in [6.45, 7) is 13.8. The molecule has 8 nitrogen and oxygen atoms in total. The quantitative estimate of drug-likeness (QED) is 0.148. The molecule has 1 atom stereocenters. The number of hydrogen-bond acceptors (Lipinski definition) is 6. The number of carbonyl (C=O) groups excluding carboxylic acids is 2. The van der Waals surface area contributed by atoms with Gasteiger partial charge < -0.3 is 24.0 Å². The van der Waals surface area contributed by atoms with Crippen LogP contribution in [0.2, 0.25) is 0 Å². The van der Waals surface area contributed by atoms with E-state index in [2.05, 4.69) is 30.7 Å². The van der Waals surface area contributed by atoms with Gasteiger partial charge in [0, 0.05) is 12.7 Å². The molecule has 8 heteroatoms. The average Bonchev–Trinajstić information content (AvgIpc) is 3.41. The average molecular weight is 533 g/mol. The molecule has 1 aliphatic rings. The fraction of sp³-hybridized carbons (Fsp3) is 0.452. The van der Waals surface area contributed by atoms with Crippen LogP contribution in [0.25, 0.3) is 11.4 Å². The van der Waals surface area contributed by atoms with Gasteiger partial charge in [-0.05, 0) is 75.6 Å². The Balaban J connectivity index is 1.80. The zero-order valence-electron chi connectivity index (χ0n) is 23.7. The van der Waals surface area contributed by atoms with Crippen LogP contribution in [0.5, 0.6) is 5.75 Å². The van der Waals surface area contributed by atoms with Crippen molar-refractivity contribution in [3.63, 3.8) is 0 Å². The van der Waals surface area contributed by atoms with Gasteiger partial charge in [-0.3, -0.25) is 9.59 Å². The largest absolute Gasteiger partial charge is 0.505 e. The van der Waals surface area contributed by atoms with Crippen molar-refractivity contribution in [2.24, 2.45) is 0 Å². The van der Waals surface area contributed by atoms with E-state index < -0.39 is 17.7 Å². The van der Waals surface area contributed by atoms with Gasteiger partial charge in [0.15, 0.2) is 5.76 Å². The lowest BCUT2D eigenvalue weighted by Crippen LogP contribution is -2.33. The second-order valence-corrected chi connectivity index (χ2v) is 10.1. The number of Topliss-reactive ketones (excluding diaryl/α,β-unsaturated/α-hetero) is 1. The zero-order chi connectivity index (χ0) is 28.1. The Morgan fingerprint density at radius 3 is 2.54 bits per heavy atom. The van der Waals surface area contributed by atoms with Crippen molar-refractivity contribution in [2.75, 3.05) is 32.8 Å². The molecule has 39 heavy (non-hydrogen) atoms. The van der Waals surface area contributed by atoms with Crippen molar-refractivity contribution < 1.29 is 19.4 Å². The molecule has 208 valence electrons. The monoisotopic (exact) mass is 532 g/mol. The van der Waals surface area contributed by atoms with Gasteiger partial charge in [-0.25, -0.2) is 4.98 Å². The van der Waals surface area contributed by atoms with Gasteiger partial charge in [-0.2, -0.15) is 0 Å². The SMILES string of the molecule is CCCCOc1cccc(C2/C(=C(\O)c3nc4c(C)cccn4c3C)C(=O)C(=O)N2CCCN(CC)CC)c1. The molecule has 1 aliphatic heterocycles. The van der Waals surface area contributed by atoms with Crippen molar-refractivity contribution >= 4 is 23.1 Å².